The molecule has 2 heteroatoms. The molecule has 0 radical (unpaired) electrons. The van der Waals surface area contributed by atoms with Gasteiger partial charge in [-0.25, -0.2) is 0 Å². The molecule has 0 saturated heterocycles. The molecule has 1 rings (SSSR count). The van der Waals surface area contributed by atoms with E-state index in [-0.39, 0.29) is 0 Å². The van der Waals surface area contributed by atoms with Gasteiger partial charge in [0, 0.05) is 0 Å². The smallest absolute Gasteiger partial charge is 0.0793 e. The van der Waals surface area contributed by atoms with E-state index in [9.17, 15) is 0 Å². The first-order chi connectivity index (χ1) is 5.24. The molecule has 0 aliphatic heterocycles. The first kappa shape index (κ1) is 8.31. The molecule has 0 spiro atoms. The molecule has 0 aromatic heterocycles. The normalized spacial score (nSPS) is 26.5. The van der Waals surface area contributed by atoms with Gasteiger partial charge in [0.15, 0.2) is 0 Å². The maximum absolute atomic E-state index is 8.50. The Bertz CT molecular complexity index is 194. The van der Waals surface area contributed by atoms with Crippen LogP contribution in [0.1, 0.15) is 33.1 Å². The molecule has 0 amide bonds. The number of allylic oxidation sites excluding steroid dienone is 2. The highest BCUT2D eigenvalue weighted by molar-refractivity contribution is 5.97. The summed E-state index contributed by atoms with van der Waals surface area (Å²) < 4.78 is 0. The molecule has 1 aliphatic rings. The maximum Gasteiger partial charge on any atom is 0.0793 e. The minimum absolute atomic E-state index is 0.775. The summed E-state index contributed by atoms with van der Waals surface area (Å²) in [6.45, 7) is 4.10. The average molecular weight is 153 g/mol. The van der Waals surface area contributed by atoms with E-state index in [1.807, 2.05) is 6.92 Å². The topological polar surface area (TPSA) is 32.6 Å². The third-order valence-electron chi connectivity index (χ3n) is 2.29. The quantitative estimate of drug-likeness (QED) is 0.350. The molecule has 0 aromatic rings. The lowest BCUT2D eigenvalue weighted by Crippen LogP contribution is -2.06. The van der Waals surface area contributed by atoms with Gasteiger partial charge in [0.2, 0.25) is 0 Å². The molecule has 1 N–H and O–H groups in total. The third-order valence-corrected chi connectivity index (χ3v) is 2.29. The Labute approximate surface area is 67.6 Å². The molecular weight excluding hydrogens is 138 g/mol. The third kappa shape index (κ3) is 2.07. The van der Waals surface area contributed by atoms with Gasteiger partial charge in [0.1, 0.15) is 0 Å². The Kier molecular flexibility index (Phi) is 2.69. The van der Waals surface area contributed by atoms with Crippen LogP contribution in [0.15, 0.2) is 16.8 Å². The average Bonchev–Trinajstić information content (AvgIpc) is 2.05. The van der Waals surface area contributed by atoms with Crippen LogP contribution < -0.4 is 0 Å². The van der Waals surface area contributed by atoms with Gasteiger partial charge in [-0.05, 0) is 37.7 Å². The lowest BCUT2D eigenvalue weighted by atomic mass is 9.89. The Morgan fingerprint density at radius 3 is 2.91 bits per heavy atom. The van der Waals surface area contributed by atoms with Crippen LogP contribution in [-0.4, -0.2) is 10.9 Å². The Balaban J connectivity index is 2.61. The lowest BCUT2D eigenvalue weighted by molar-refractivity contribution is 0.318. The first-order valence-electron chi connectivity index (χ1n) is 4.12. The van der Waals surface area contributed by atoms with E-state index >= 15 is 0 Å². The molecule has 11 heavy (non-hydrogen) atoms. The highest BCUT2D eigenvalue weighted by atomic mass is 16.4. The lowest BCUT2D eigenvalue weighted by Gasteiger charge is -2.16. The predicted molar refractivity (Wildman–Crippen MR) is 46.0 cm³/mol. The van der Waals surface area contributed by atoms with Crippen LogP contribution in [0, 0.1) is 5.92 Å². The van der Waals surface area contributed by atoms with E-state index in [1.54, 1.807) is 0 Å². The van der Waals surface area contributed by atoms with Gasteiger partial charge in [-0.2, -0.15) is 0 Å². The minimum atomic E-state index is 0.775. The van der Waals surface area contributed by atoms with E-state index in [2.05, 4.69) is 18.2 Å². The zero-order valence-corrected chi connectivity index (χ0v) is 7.17. The first-order valence-corrected chi connectivity index (χ1v) is 4.12. The maximum atomic E-state index is 8.50. The number of nitrogens with zero attached hydrogens (tertiary/aromatic N) is 1. The predicted octanol–water partition coefficient (Wildman–Crippen LogP) is 2.58. The zero-order chi connectivity index (χ0) is 8.27. The second-order valence-corrected chi connectivity index (χ2v) is 3.29. The molecule has 0 heterocycles. The van der Waals surface area contributed by atoms with Crippen molar-refractivity contribution in [2.24, 2.45) is 11.1 Å². The molecule has 0 bridgehead atoms. The Morgan fingerprint density at radius 2 is 2.45 bits per heavy atom. The van der Waals surface area contributed by atoms with Crippen molar-refractivity contribution >= 4 is 5.71 Å². The van der Waals surface area contributed by atoms with Gasteiger partial charge in [0.05, 0.1) is 5.71 Å². The van der Waals surface area contributed by atoms with Crippen LogP contribution in [0.4, 0.5) is 0 Å². The standard InChI is InChI=1S/C9H15NO/c1-7-3-5-9(6-4-7)8(2)10-11/h5,7,11H,3-4,6H2,1-2H3/b10-8+/t7-/m0/s1. The van der Waals surface area contributed by atoms with Gasteiger partial charge in [-0.1, -0.05) is 18.2 Å². The second-order valence-electron chi connectivity index (χ2n) is 3.29. The van der Waals surface area contributed by atoms with Crippen LogP contribution in [-0.2, 0) is 0 Å². The Morgan fingerprint density at radius 1 is 1.73 bits per heavy atom. The van der Waals surface area contributed by atoms with Gasteiger partial charge >= 0.3 is 0 Å². The monoisotopic (exact) mass is 153 g/mol. The molecule has 2 nitrogen and oxygen atoms in total. The molecular formula is C9H15NO. The summed E-state index contributed by atoms with van der Waals surface area (Å²) in [7, 11) is 0. The summed E-state index contributed by atoms with van der Waals surface area (Å²) in [5, 5.41) is 11.7. The van der Waals surface area contributed by atoms with Crippen molar-refractivity contribution in [3.05, 3.63) is 11.6 Å². The fourth-order valence-electron chi connectivity index (χ4n) is 1.36. The SMILES string of the molecule is C/C(=N\O)C1=CC[C@H](C)CC1. The van der Waals surface area contributed by atoms with Crippen molar-refractivity contribution in [1.82, 2.24) is 0 Å². The fourth-order valence-corrected chi connectivity index (χ4v) is 1.36. The highest BCUT2D eigenvalue weighted by Crippen LogP contribution is 2.23. The van der Waals surface area contributed by atoms with E-state index in [0.717, 1.165) is 24.5 Å². The van der Waals surface area contributed by atoms with Crippen molar-refractivity contribution in [1.29, 1.82) is 0 Å². The van der Waals surface area contributed by atoms with Gasteiger partial charge in [-0.3, -0.25) is 0 Å². The van der Waals surface area contributed by atoms with Crippen LogP contribution in [0.5, 0.6) is 0 Å². The molecule has 0 saturated carbocycles. The van der Waals surface area contributed by atoms with Crippen molar-refractivity contribution in [3.8, 4) is 0 Å². The van der Waals surface area contributed by atoms with E-state index in [1.165, 1.54) is 12.0 Å². The summed E-state index contributed by atoms with van der Waals surface area (Å²) in [5.41, 5.74) is 1.99. The minimum Gasteiger partial charge on any atom is -0.411 e. The second kappa shape index (κ2) is 3.56. The van der Waals surface area contributed by atoms with Crippen LogP contribution >= 0.6 is 0 Å². The molecule has 0 aromatic carbocycles. The van der Waals surface area contributed by atoms with E-state index in [4.69, 9.17) is 5.21 Å². The summed E-state index contributed by atoms with van der Waals surface area (Å²) in [6, 6.07) is 0. The van der Waals surface area contributed by atoms with Crippen molar-refractivity contribution < 1.29 is 5.21 Å². The fraction of sp³-hybridized carbons (Fsp3) is 0.667. The van der Waals surface area contributed by atoms with Gasteiger partial charge in [-0.15, -0.1) is 0 Å². The van der Waals surface area contributed by atoms with Crippen LogP contribution in [0.2, 0.25) is 0 Å². The number of hydrogen-bond donors (Lipinski definition) is 1. The largest absolute Gasteiger partial charge is 0.411 e. The summed E-state index contributed by atoms with van der Waals surface area (Å²) in [5.74, 6) is 0.797. The Hall–Kier alpha value is -0.790. The summed E-state index contributed by atoms with van der Waals surface area (Å²) >= 11 is 0. The molecule has 1 atom stereocenters. The summed E-state index contributed by atoms with van der Waals surface area (Å²) in [6.07, 6.45) is 5.60. The van der Waals surface area contributed by atoms with Crippen LogP contribution in [0.25, 0.3) is 0 Å². The van der Waals surface area contributed by atoms with Crippen molar-refractivity contribution in [3.63, 3.8) is 0 Å². The number of hydrogen-bond acceptors (Lipinski definition) is 2. The number of oxime groups is 1. The molecule has 0 fully saturated rings. The van der Waals surface area contributed by atoms with Crippen molar-refractivity contribution in [2.45, 2.75) is 33.1 Å². The zero-order valence-electron chi connectivity index (χ0n) is 7.17. The molecule has 1 aliphatic carbocycles. The highest BCUT2D eigenvalue weighted by Gasteiger charge is 2.11. The van der Waals surface area contributed by atoms with Crippen molar-refractivity contribution in [2.75, 3.05) is 0 Å². The summed E-state index contributed by atoms with van der Waals surface area (Å²) in [4.78, 5) is 0. The molecule has 62 valence electrons. The van der Waals surface area contributed by atoms with Gasteiger partial charge < -0.3 is 5.21 Å². The molecule has 0 unspecified atom stereocenters. The number of rotatable bonds is 1. The van der Waals surface area contributed by atoms with E-state index in [0.29, 0.717) is 0 Å². The van der Waals surface area contributed by atoms with Gasteiger partial charge in [0.25, 0.3) is 0 Å². The van der Waals surface area contributed by atoms with Crippen LogP contribution in [0.3, 0.4) is 0 Å². The van der Waals surface area contributed by atoms with E-state index < -0.39 is 0 Å².